The van der Waals surface area contributed by atoms with Gasteiger partial charge in [-0.15, -0.1) is 0 Å². The number of likely N-dealkylation sites (tertiary alicyclic amines) is 1. The number of aryl methyl sites for hydroxylation is 1. The largest absolute Gasteiger partial charge is 0.486 e. The van der Waals surface area contributed by atoms with Gasteiger partial charge >= 0.3 is 0 Å². The van der Waals surface area contributed by atoms with Crippen LogP contribution in [0.4, 0.5) is 0 Å². The third-order valence-electron chi connectivity index (χ3n) is 4.32. The maximum Gasteiger partial charge on any atom is 0.274 e. The van der Waals surface area contributed by atoms with E-state index in [4.69, 9.17) is 4.74 Å². The highest BCUT2D eigenvalue weighted by atomic mass is 16.5. The second-order valence-electron chi connectivity index (χ2n) is 6.15. The number of carbonyl (C=O) groups excluding carboxylic acids is 1. The molecule has 0 N–H and O–H groups in total. The first-order valence-corrected chi connectivity index (χ1v) is 8.29. The highest BCUT2D eigenvalue weighted by molar-refractivity contribution is 5.92. The van der Waals surface area contributed by atoms with Gasteiger partial charge in [-0.3, -0.25) is 14.8 Å². The van der Waals surface area contributed by atoms with E-state index in [1.165, 1.54) is 6.20 Å². The van der Waals surface area contributed by atoms with Gasteiger partial charge in [0.25, 0.3) is 5.91 Å². The van der Waals surface area contributed by atoms with Crippen LogP contribution in [0.5, 0.6) is 5.75 Å². The molecule has 6 heteroatoms. The lowest BCUT2D eigenvalue weighted by atomic mass is 10.2. The van der Waals surface area contributed by atoms with Gasteiger partial charge in [0.1, 0.15) is 23.1 Å². The Morgan fingerprint density at radius 3 is 2.88 bits per heavy atom. The molecule has 1 atom stereocenters. The lowest BCUT2D eigenvalue weighted by Crippen LogP contribution is -2.31. The van der Waals surface area contributed by atoms with Gasteiger partial charge < -0.3 is 9.64 Å². The van der Waals surface area contributed by atoms with Gasteiger partial charge in [-0.25, -0.2) is 4.98 Å². The molecule has 4 rings (SSSR count). The molecule has 0 spiro atoms. The summed E-state index contributed by atoms with van der Waals surface area (Å²) in [6, 6.07) is 9.81. The van der Waals surface area contributed by atoms with Crippen molar-refractivity contribution in [2.75, 3.05) is 13.1 Å². The van der Waals surface area contributed by atoms with Crippen LogP contribution in [0.15, 0.2) is 48.9 Å². The fourth-order valence-electron chi connectivity index (χ4n) is 3.02. The second-order valence-corrected chi connectivity index (χ2v) is 6.15. The number of hydrogen-bond acceptors (Lipinski definition) is 5. The van der Waals surface area contributed by atoms with Gasteiger partial charge in [0, 0.05) is 30.7 Å². The summed E-state index contributed by atoms with van der Waals surface area (Å²) in [7, 11) is 0. The Hall–Kier alpha value is -3.02. The van der Waals surface area contributed by atoms with Crippen molar-refractivity contribution < 1.29 is 9.53 Å². The summed E-state index contributed by atoms with van der Waals surface area (Å²) < 4.78 is 6.13. The molecule has 0 aliphatic carbocycles. The molecular weight excluding hydrogens is 316 g/mol. The maximum absolute atomic E-state index is 12.5. The number of carbonyl (C=O) groups is 1. The Morgan fingerprint density at radius 2 is 2.04 bits per heavy atom. The Bertz CT molecular complexity index is 905. The highest BCUT2D eigenvalue weighted by Crippen LogP contribution is 2.26. The maximum atomic E-state index is 12.5. The molecule has 1 aliphatic heterocycles. The van der Waals surface area contributed by atoms with Crippen LogP contribution in [0.1, 0.15) is 22.6 Å². The average molecular weight is 334 g/mol. The number of benzene rings is 1. The zero-order chi connectivity index (χ0) is 17.2. The average Bonchev–Trinajstić information content (AvgIpc) is 3.11. The summed E-state index contributed by atoms with van der Waals surface area (Å²) in [5.74, 6) is 0.655. The van der Waals surface area contributed by atoms with Crippen LogP contribution in [-0.4, -0.2) is 45.0 Å². The van der Waals surface area contributed by atoms with Crippen LogP contribution in [-0.2, 0) is 0 Å². The van der Waals surface area contributed by atoms with Crippen molar-refractivity contribution in [2.45, 2.75) is 19.4 Å². The summed E-state index contributed by atoms with van der Waals surface area (Å²) in [5, 5.41) is 1.04. The topological polar surface area (TPSA) is 68.2 Å². The van der Waals surface area contributed by atoms with Crippen molar-refractivity contribution in [1.82, 2.24) is 19.9 Å². The van der Waals surface area contributed by atoms with E-state index in [0.717, 1.165) is 28.8 Å². The lowest BCUT2D eigenvalue weighted by molar-refractivity contribution is 0.0766. The van der Waals surface area contributed by atoms with Gasteiger partial charge in [0.15, 0.2) is 0 Å². The van der Waals surface area contributed by atoms with Crippen molar-refractivity contribution in [1.29, 1.82) is 0 Å². The van der Waals surface area contributed by atoms with E-state index in [9.17, 15) is 4.79 Å². The van der Waals surface area contributed by atoms with Crippen LogP contribution in [0.3, 0.4) is 0 Å². The van der Waals surface area contributed by atoms with Crippen LogP contribution in [0.2, 0.25) is 0 Å². The Balaban J connectivity index is 1.47. The fourth-order valence-corrected chi connectivity index (χ4v) is 3.02. The number of hydrogen-bond donors (Lipinski definition) is 0. The number of rotatable bonds is 3. The number of aromatic nitrogens is 3. The summed E-state index contributed by atoms with van der Waals surface area (Å²) in [6.07, 6.45) is 5.64. The predicted molar refractivity (Wildman–Crippen MR) is 93.4 cm³/mol. The van der Waals surface area contributed by atoms with Gasteiger partial charge in [-0.05, 0) is 19.1 Å². The number of nitrogens with zero attached hydrogens (tertiary/aromatic N) is 4. The molecule has 1 unspecified atom stereocenters. The standard InChI is InChI=1S/C19H18N4O2/c1-13-10-22-16(11-21-13)19(24)23-9-7-15(12-23)25-17-6-2-4-14-5-3-8-20-18(14)17/h2-6,8,10-11,15H,7,9,12H2,1H3. The number of pyridine rings is 1. The summed E-state index contributed by atoms with van der Waals surface area (Å²) >= 11 is 0. The highest BCUT2D eigenvalue weighted by Gasteiger charge is 2.29. The minimum atomic E-state index is -0.102. The van der Waals surface area contributed by atoms with Crippen molar-refractivity contribution >= 4 is 16.8 Å². The third kappa shape index (κ3) is 3.15. The van der Waals surface area contributed by atoms with Crippen molar-refractivity contribution in [3.8, 4) is 5.75 Å². The molecule has 1 fully saturated rings. The molecular formula is C19H18N4O2. The molecule has 3 aromatic rings. The molecule has 25 heavy (non-hydrogen) atoms. The van der Waals surface area contributed by atoms with Crippen LogP contribution in [0, 0.1) is 6.92 Å². The van der Waals surface area contributed by atoms with Gasteiger partial charge in [-0.1, -0.05) is 18.2 Å². The minimum absolute atomic E-state index is 0.0463. The van der Waals surface area contributed by atoms with Gasteiger partial charge in [-0.2, -0.15) is 0 Å². The first-order valence-electron chi connectivity index (χ1n) is 8.29. The van der Waals surface area contributed by atoms with Crippen LogP contribution < -0.4 is 4.74 Å². The van der Waals surface area contributed by atoms with Gasteiger partial charge in [0.2, 0.25) is 0 Å². The van der Waals surface area contributed by atoms with E-state index in [2.05, 4.69) is 15.0 Å². The molecule has 0 bridgehead atoms. The molecule has 1 aromatic carbocycles. The number of ether oxygens (including phenoxy) is 1. The first-order chi connectivity index (χ1) is 12.2. The molecule has 6 nitrogen and oxygen atoms in total. The monoisotopic (exact) mass is 334 g/mol. The van der Waals surface area contributed by atoms with Crippen molar-refractivity contribution in [2.24, 2.45) is 0 Å². The van der Waals surface area contributed by atoms with Gasteiger partial charge in [0.05, 0.1) is 18.4 Å². The number of fused-ring (bicyclic) bond motifs is 1. The normalized spacial score (nSPS) is 17.0. The quantitative estimate of drug-likeness (QED) is 0.736. The second kappa shape index (κ2) is 6.47. The zero-order valence-corrected chi connectivity index (χ0v) is 13.9. The smallest absolute Gasteiger partial charge is 0.274 e. The first kappa shape index (κ1) is 15.5. The predicted octanol–water partition coefficient (Wildman–Crippen LogP) is 2.63. The number of para-hydroxylation sites is 1. The molecule has 0 radical (unpaired) electrons. The van der Waals surface area contributed by atoms with E-state index in [-0.39, 0.29) is 12.0 Å². The Morgan fingerprint density at radius 1 is 1.16 bits per heavy atom. The molecule has 2 aromatic heterocycles. The van der Waals surface area contributed by atoms with E-state index in [1.54, 1.807) is 17.3 Å². The lowest BCUT2D eigenvalue weighted by Gasteiger charge is -2.17. The molecule has 1 amide bonds. The van der Waals surface area contributed by atoms with Crippen molar-refractivity contribution in [3.05, 3.63) is 60.3 Å². The summed E-state index contributed by atoms with van der Waals surface area (Å²) in [5.41, 5.74) is 2.01. The molecule has 126 valence electrons. The Labute approximate surface area is 145 Å². The van der Waals surface area contributed by atoms with E-state index >= 15 is 0 Å². The molecule has 1 saturated heterocycles. The van der Waals surface area contributed by atoms with E-state index in [1.807, 2.05) is 37.3 Å². The molecule has 3 heterocycles. The molecule has 0 saturated carbocycles. The SMILES string of the molecule is Cc1cnc(C(=O)N2CCC(Oc3cccc4cccnc34)C2)cn1. The van der Waals surface area contributed by atoms with E-state index < -0.39 is 0 Å². The fraction of sp³-hybridized carbons (Fsp3) is 0.263. The van der Waals surface area contributed by atoms with Crippen LogP contribution >= 0.6 is 0 Å². The minimum Gasteiger partial charge on any atom is -0.486 e. The van der Waals surface area contributed by atoms with Crippen LogP contribution in [0.25, 0.3) is 10.9 Å². The van der Waals surface area contributed by atoms with Crippen molar-refractivity contribution in [3.63, 3.8) is 0 Å². The summed E-state index contributed by atoms with van der Waals surface area (Å²) in [6.45, 7) is 3.04. The molecule has 1 aliphatic rings. The third-order valence-corrected chi connectivity index (χ3v) is 4.32. The van der Waals surface area contributed by atoms with E-state index in [0.29, 0.717) is 18.8 Å². The zero-order valence-electron chi connectivity index (χ0n) is 13.9. The summed E-state index contributed by atoms with van der Waals surface area (Å²) in [4.78, 5) is 27.0. The number of amides is 1. The Kier molecular flexibility index (Phi) is 4.01.